The van der Waals surface area contributed by atoms with Gasteiger partial charge in [0.25, 0.3) is 0 Å². The number of H-pyrrole nitrogens is 1. The summed E-state index contributed by atoms with van der Waals surface area (Å²) in [6, 6.07) is 12.8. The molecule has 1 saturated heterocycles. The second-order valence-electron chi connectivity index (χ2n) is 6.56. The van der Waals surface area contributed by atoms with Crippen molar-refractivity contribution in [3.63, 3.8) is 0 Å². The van der Waals surface area contributed by atoms with Crippen molar-refractivity contribution in [2.24, 2.45) is 0 Å². The highest BCUT2D eigenvalue weighted by Gasteiger charge is 2.22. The molecule has 1 N–H and O–H groups in total. The zero-order chi connectivity index (χ0) is 16.2. The van der Waals surface area contributed by atoms with E-state index >= 15 is 0 Å². The van der Waals surface area contributed by atoms with E-state index in [1.807, 2.05) is 29.3 Å². The van der Waals surface area contributed by atoms with Crippen LogP contribution in [0.15, 0.2) is 55.0 Å². The summed E-state index contributed by atoms with van der Waals surface area (Å²) in [6.07, 6.45) is 8.19. The molecule has 0 spiro atoms. The quantitative estimate of drug-likeness (QED) is 0.786. The van der Waals surface area contributed by atoms with Crippen LogP contribution in [0.4, 0.5) is 0 Å². The third-order valence-electron chi connectivity index (χ3n) is 4.87. The lowest BCUT2D eigenvalue weighted by atomic mass is 9.94. The highest BCUT2D eigenvalue weighted by Crippen LogP contribution is 2.26. The number of nitrogens with one attached hydrogen (secondary N) is 1. The molecule has 1 aliphatic rings. The van der Waals surface area contributed by atoms with E-state index in [0.29, 0.717) is 5.92 Å². The lowest BCUT2D eigenvalue weighted by Gasteiger charge is -2.32. The third kappa shape index (κ3) is 3.41. The second-order valence-corrected chi connectivity index (χ2v) is 6.56. The van der Waals surface area contributed by atoms with Crippen molar-refractivity contribution in [3.05, 3.63) is 71.8 Å². The van der Waals surface area contributed by atoms with Crippen molar-refractivity contribution in [1.82, 2.24) is 24.9 Å². The average molecular weight is 321 g/mol. The van der Waals surface area contributed by atoms with Gasteiger partial charge in [0.2, 0.25) is 0 Å². The molecule has 3 heterocycles. The van der Waals surface area contributed by atoms with Gasteiger partial charge in [-0.3, -0.25) is 14.7 Å². The number of hydrogen-bond acceptors (Lipinski definition) is 3. The molecular weight excluding hydrogens is 298 g/mol. The summed E-state index contributed by atoms with van der Waals surface area (Å²) >= 11 is 0. The number of benzene rings is 1. The first-order valence-corrected chi connectivity index (χ1v) is 8.64. The number of aromatic nitrogens is 4. The van der Waals surface area contributed by atoms with Crippen molar-refractivity contribution in [2.45, 2.75) is 31.8 Å². The lowest BCUT2D eigenvalue weighted by molar-refractivity contribution is 0.198. The molecule has 0 amide bonds. The lowest BCUT2D eigenvalue weighted by Crippen LogP contribution is -2.34. The molecule has 1 aliphatic heterocycles. The molecule has 5 heteroatoms. The van der Waals surface area contributed by atoms with Crippen LogP contribution in [-0.2, 0) is 13.1 Å². The number of nitrogens with zero attached hydrogens (tertiary/aromatic N) is 4. The Hall–Kier alpha value is -2.40. The Labute approximate surface area is 142 Å². The summed E-state index contributed by atoms with van der Waals surface area (Å²) in [5, 5.41) is 11.6. The van der Waals surface area contributed by atoms with Gasteiger partial charge in [-0.25, -0.2) is 0 Å². The van der Waals surface area contributed by atoms with Crippen LogP contribution >= 0.6 is 0 Å². The SMILES string of the molecule is c1ccc(Cn2cccn2)c(CN2CCC[C@H](c3ccn[nH]3)C2)c1. The van der Waals surface area contributed by atoms with Crippen molar-refractivity contribution in [2.75, 3.05) is 13.1 Å². The largest absolute Gasteiger partial charge is 0.298 e. The molecule has 0 radical (unpaired) electrons. The standard InChI is InChI=1S/C19H23N5/c1-2-6-17(15-24-12-4-9-21-24)16(5-1)13-23-11-3-7-18(14-23)19-8-10-20-22-19/h1-2,4-6,8-10,12,18H,3,7,11,13-15H2,(H,20,22)/t18-/m0/s1. The summed E-state index contributed by atoms with van der Waals surface area (Å²) in [5.74, 6) is 0.569. The number of aromatic amines is 1. The molecular formula is C19H23N5. The van der Waals surface area contributed by atoms with Gasteiger partial charge in [-0.15, -0.1) is 0 Å². The monoisotopic (exact) mass is 321 g/mol. The Kier molecular flexibility index (Phi) is 4.42. The maximum Gasteiger partial charge on any atom is 0.0662 e. The van der Waals surface area contributed by atoms with Gasteiger partial charge in [0.15, 0.2) is 0 Å². The molecule has 0 aliphatic carbocycles. The van der Waals surface area contributed by atoms with E-state index in [1.165, 1.54) is 36.2 Å². The minimum absolute atomic E-state index is 0.569. The van der Waals surface area contributed by atoms with E-state index < -0.39 is 0 Å². The molecule has 1 fully saturated rings. The van der Waals surface area contributed by atoms with Gasteiger partial charge in [0.05, 0.1) is 6.54 Å². The molecule has 0 bridgehead atoms. The summed E-state index contributed by atoms with van der Waals surface area (Å²) in [5.41, 5.74) is 4.02. The molecule has 0 unspecified atom stereocenters. The van der Waals surface area contributed by atoms with Crippen molar-refractivity contribution in [1.29, 1.82) is 0 Å². The first-order valence-electron chi connectivity index (χ1n) is 8.64. The van der Waals surface area contributed by atoms with Gasteiger partial charge in [0, 0.05) is 43.3 Å². The molecule has 3 aromatic rings. The smallest absolute Gasteiger partial charge is 0.0662 e. The highest BCUT2D eigenvalue weighted by molar-refractivity contribution is 5.27. The Morgan fingerprint density at radius 1 is 1.04 bits per heavy atom. The fraction of sp³-hybridized carbons (Fsp3) is 0.368. The van der Waals surface area contributed by atoms with Gasteiger partial charge in [-0.1, -0.05) is 24.3 Å². The maximum absolute atomic E-state index is 4.34. The maximum atomic E-state index is 4.34. The molecule has 24 heavy (non-hydrogen) atoms. The van der Waals surface area contributed by atoms with Crippen LogP contribution in [0.3, 0.4) is 0 Å². The molecule has 2 aromatic heterocycles. The number of hydrogen-bond donors (Lipinski definition) is 1. The number of rotatable bonds is 5. The third-order valence-corrected chi connectivity index (χ3v) is 4.87. The molecule has 1 atom stereocenters. The normalized spacial score (nSPS) is 18.8. The second kappa shape index (κ2) is 7.01. The van der Waals surface area contributed by atoms with E-state index in [4.69, 9.17) is 0 Å². The summed E-state index contributed by atoms with van der Waals surface area (Å²) < 4.78 is 1.99. The average Bonchev–Trinajstić information content (AvgIpc) is 3.30. The van der Waals surface area contributed by atoms with Crippen LogP contribution in [0, 0.1) is 0 Å². The van der Waals surface area contributed by atoms with Gasteiger partial charge >= 0.3 is 0 Å². The predicted molar refractivity (Wildman–Crippen MR) is 93.6 cm³/mol. The van der Waals surface area contributed by atoms with Gasteiger partial charge in [0.1, 0.15) is 0 Å². The summed E-state index contributed by atoms with van der Waals surface area (Å²) in [6.45, 7) is 4.10. The van der Waals surface area contributed by atoms with Gasteiger partial charge < -0.3 is 0 Å². The Morgan fingerprint density at radius 2 is 1.92 bits per heavy atom. The van der Waals surface area contributed by atoms with Gasteiger partial charge in [-0.05, 0) is 42.6 Å². The highest BCUT2D eigenvalue weighted by atomic mass is 15.3. The number of likely N-dealkylation sites (tertiary alicyclic amines) is 1. The zero-order valence-corrected chi connectivity index (χ0v) is 13.8. The minimum atomic E-state index is 0.569. The number of piperidine rings is 1. The predicted octanol–water partition coefficient (Wildman–Crippen LogP) is 3.03. The summed E-state index contributed by atoms with van der Waals surface area (Å²) in [4.78, 5) is 2.57. The van der Waals surface area contributed by atoms with E-state index in [9.17, 15) is 0 Å². The van der Waals surface area contributed by atoms with Crippen LogP contribution in [0.5, 0.6) is 0 Å². The van der Waals surface area contributed by atoms with E-state index in [-0.39, 0.29) is 0 Å². The first kappa shape index (κ1) is 15.1. The van der Waals surface area contributed by atoms with E-state index in [0.717, 1.165) is 19.6 Å². The van der Waals surface area contributed by atoms with Crippen LogP contribution < -0.4 is 0 Å². The Bertz CT molecular complexity index is 748. The van der Waals surface area contributed by atoms with E-state index in [1.54, 1.807) is 0 Å². The molecule has 5 nitrogen and oxygen atoms in total. The molecule has 4 rings (SSSR count). The van der Waals surface area contributed by atoms with Crippen LogP contribution in [0.25, 0.3) is 0 Å². The molecule has 0 saturated carbocycles. The minimum Gasteiger partial charge on any atom is -0.298 e. The Balaban J connectivity index is 1.47. The fourth-order valence-corrected chi connectivity index (χ4v) is 3.62. The van der Waals surface area contributed by atoms with Crippen molar-refractivity contribution < 1.29 is 0 Å². The van der Waals surface area contributed by atoms with Crippen molar-refractivity contribution >= 4 is 0 Å². The zero-order valence-electron chi connectivity index (χ0n) is 13.8. The van der Waals surface area contributed by atoms with Crippen LogP contribution in [0.1, 0.15) is 35.6 Å². The Morgan fingerprint density at radius 3 is 2.67 bits per heavy atom. The summed E-state index contributed by atoms with van der Waals surface area (Å²) in [7, 11) is 0. The molecule has 124 valence electrons. The molecule has 1 aromatic carbocycles. The van der Waals surface area contributed by atoms with Gasteiger partial charge in [-0.2, -0.15) is 10.2 Å². The van der Waals surface area contributed by atoms with Crippen LogP contribution in [0.2, 0.25) is 0 Å². The first-order chi connectivity index (χ1) is 11.9. The van der Waals surface area contributed by atoms with Crippen LogP contribution in [-0.4, -0.2) is 38.0 Å². The topological polar surface area (TPSA) is 49.7 Å². The van der Waals surface area contributed by atoms with E-state index in [2.05, 4.69) is 50.5 Å². The van der Waals surface area contributed by atoms with Crippen molar-refractivity contribution in [3.8, 4) is 0 Å². The fourth-order valence-electron chi connectivity index (χ4n) is 3.62.